The number of benzene rings is 2. The molecule has 4 nitrogen and oxygen atoms in total. The van der Waals surface area contributed by atoms with Crippen LogP contribution in [0.4, 0.5) is 0 Å². The third-order valence-electron chi connectivity index (χ3n) is 4.80. The van der Waals surface area contributed by atoms with Crippen molar-refractivity contribution in [2.75, 3.05) is 14.1 Å². The Morgan fingerprint density at radius 1 is 0.923 bits per heavy atom. The molecule has 0 bridgehead atoms. The quantitative estimate of drug-likeness (QED) is 0.590. The smallest absolute Gasteiger partial charge is 0.191 e. The fourth-order valence-corrected chi connectivity index (χ4v) is 2.72. The number of guanidine groups is 1. The maximum atomic E-state index is 4.35. The molecule has 2 rings (SSSR count). The highest BCUT2D eigenvalue weighted by Gasteiger charge is 2.08. The Kier molecular flexibility index (Phi) is 7.67. The minimum Gasteiger partial charge on any atom is -0.352 e. The second kappa shape index (κ2) is 9.97. The zero-order chi connectivity index (χ0) is 18.9. The van der Waals surface area contributed by atoms with Crippen LogP contribution in [0.1, 0.15) is 36.1 Å². The Hall–Kier alpha value is -2.33. The molecule has 26 heavy (non-hydrogen) atoms. The molecule has 0 aliphatic carbocycles. The number of nitrogens with one attached hydrogen (secondary N) is 2. The van der Waals surface area contributed by atoms with E-state index in [0.717, 1.165) is 25.6 Å². The highest BCUT2D eigenvalue weighted by atomic mass is 15.2. The number of hydrogen-bond donors (Lipinski definition) is 2. The van der Waals surface area contributed by atoms with Gasteiger partial charge in [0, 0.05) is 32.7 Å². The van der Waals surface area contributed by atoms with Gasteiger partial charge in [0.25, 0.3) is 0 Å². The number of hydrogen-bond acceptors (Lipinski definition) is 2. The van der Waals surface area contributed by atoms with E-state index in [1.807, 2.05) is 7.05 Å². The molecule has 2 aromatic rings. The van der Waals surface area contributed by atoms with Crippen molar-refractivity contribution in [3.05, 3.63) is 70.8 Å². The standard InChI is InChI=1S/C22H32N4/c1-17(2)26(5)16-21-13-9-8-12-20(21)15-25-22(23-4)24-14-19-11-7-6-10-18(19)3/h6-13,17H,14-16H2,1-5H3,(H2,23,24,25). The van der Waals surface area contributed by atoms with Gasteiger partial charge in [-0.2, -0.15) is 0 Å². The van der Waals surface area contributed by atoms with Crippen LogP contribution >= 0.6 is 0 Å². The van der Waals surface area contributed by atoms with E-state index >= 15 is 0 Å². The van der Waals surface area contributed by atoms with Crippen LogP contribution in [0, 0.1) is 6.92 Å². The van der Waals surface area contributed by atoms with Crippen molar-refractivity contribution in [1.29, 1.82) is 0 Å². The molecule has 0 aliphatic heterocycles. The average Bonchev–Trinajstić information content (AvgIpc) is 2.64. The Bertz CT molecular complexity index is 722. The molecule has 0 radical (unpaired) electrons. The number of aliphatic imine (C=N–C) groups is 1. The summed E-state index contributed by atoms with van der Waals surface area (Å²) in [6.45, 7) is 9.05. The summed E-state index contributed by atoms with van der Waals surface area (Å²) in [5, 5.41) is 6.84. The summed E-state index contributed by atoms with van der Waals surface area (Å²) in [6.07, 6.45) is 0. The lowest BCUT2D eigenvalue weighted by molar-refractivity contribution is 0.265. The Labute approximate surface area is 158 Å². The van der Waals surface area contributed by atoms with E-state index in [0.29, 0.717) is 6.04 Å². The van der Waals surface area contributed by atoms with Crippen LogP contribution in [0.2, 0.25) is 0 Å². The first-order valence-electron chi connectivity index (χ1n) is 9.27. The first kappa shape index (κ1) is 20.0. The van der Waals surface area contributed by atoms with E-state index in [1.165, 1.54) is 22.3 Å². The SMILES string of the molecule is CN=C(NCc1ccccc1C)NCc1ccccc1CN(C)C(C)C. The third-order valence-corrected chi connectivity index (χ3v) is 4.80. The minimum atomic E-state index is 0.527. The molecule has 2 aromatic carbocycles. The second-order valence-electron chi connectivity index (χ2n) is 6.98. The van der Waals surface area contributed by atoms with Crippen molar-refractivity contribution in [2.45, 2.75) is 46.4 Å². The summed E-state index contributed by atoms with van der Waals surface area (Å²) < 4.78 is 0. The van der Waals surface area contributed by atoms with Crippen LogP contribution in [-0.2, 0) is 19.6 Å². The van der Waals surface area contributed by atoms with E-state index < -0.39 is 0 Å². The highest BCUT2D eigenvalue weighted by Crippen LogP contribution is 2.12. The van der Waals surface area contributed by atoms with Crippen molar-refractivity contribution < 1.29 is 0 Å². The lowest BCUT2D eigenvalue weighted by Gasteiger charge is -2.23. The van der Waals surface area contributed by atoms with E-state index in [4.69, 9.17) is 0 Å². The summed E-state index contributed by atoms with van der Waals surface area (Å²) in [5.41, 5.74) is 5.23. The molecule has 0 heterocycles. The maximum Gasteiger partial charge on any atom is 0.191 e. The van der Waals surface area contributed by atoms with E-state index in [2.05, 4.69) is 96.9 Å². The zero-order valence-corrected chi connectivity index (χ0v) is 16.7. The molecule has 0 aliphatic rings. The summed E-state index contributed by atoms with van der Waals surface area (Å²) in [5.74, 6) is 0.820. The summed E-state index contributed by atoms with van der Waals surface area (Å²) >= 11 is 0. The molecule has 140 valence electrons. The topological polar surface area (TPSA) is 39.7 Å². The van der Waals surface area contributed by atoms with Gasteiger partial charge in [0.2, 0.25) is 0 Å². The fraction of sp³-hybridized carbons (Fsp3) is 0.409. The molecule has 0 aromatic heterocycles. The normalized spacial score (nSPS) is 11.9. The van der Waals surface area contributed by atoms with Crippen molar-refractivity contribution >= 4 is 5.96 Å². The lowest BCUT2D eigenvalue weighted by atomic mass is 10.1. The molecule has 2 N–H and O–H groups in total. The van der Waals surface area contributed by atoms with Gasteiger partial charge in [-0.05, 0) is 50.1 Å². The average molecular weight is 353 g/mol. The monoisotopic (exact) mass is 352 g/mol. The predicted octanol–water partition coefficient (Wildman–Crippen LogP) is 3.70. The number of nitrogens with zero attached hydrogens (tertiary/aromatic N) is 2. The summed E-state index contributed by atoms with van der Waals surface area (Å²) in [6, 6.07) is 17.5. The van der Waals surface area contributed by atoms with Crippen molar-refractivity contribution in [3.63, 3.8) is 0 Å². The van der Waals surface area contributed by atoms with Gasteiger partial charge < -0.3 is 10.6 Å². The number of rotatable bonds is 7. The largest absolute Gasteiger partial charge is 0.352 e. The molecule has 0 unspecified atom stereocenters. The molecule has 0 saturated carbocycles. The van der Waals surface area contributed by atoms with Crippen LogP contribution in [-0.4, -0.2) is 31.0 Å². The Balaban J connectivity index is 1.95. The van der Waals surface area contributed by atoms with Gasteiger partial charge in [-0.15, -0.1) is 0 Å². The van der Waals surface area contributed by atoms with Crippen LogP contribution < -0.4 is 10.6 Å². The minimum absolute atomic E-state index is 0.527. The van der Waals surface area contributed by atoms with Crippen LogP contribution in [0.3, 0.4) is 0 Å². The lowest BCUT2D eigenvalue weighted by Crippen LogP contribution is -2.36. The third kappa shape index (κ3) is 5.88. The van der Waals surface area contributed by atoms with Crippen LogP contribution in [0.25, 0.3) is 0 Å². The molecule has 4 heteroatoms. The van der Waals surface area contributed by atoms with Gasteiger partial charge >= 0.3 is 0 Å². The van der Waals surface area contributed by atoms with Crippen molar-refractivity contribution in [2.24, 2.45) is 4.99 Å². The fourth-order valence-electron chi connectivity index (χ4n) is 2.72. The van der Waals surface area contributed by atoms with E-state index in [9.17, 15) is 0 Å². The molecular formula is C22H32N4. The van der Waals surface area contributed by atoms with Crippen LogP contribution in [0.5, 0.6) is 0 Å². The maximum absolute atomic E-state index is 4.35. The predicted molar refractivity (Wildman–Crippen MR) is 111 cm³/mol. The van der Waals surface area contributed by atoms with Crippen LogP contribution in [0.15, 0.2) is 53.5 Å². The van der Waals surface area contributed by atoms with Gasteiger partial charge in [0.05, 0.1) is 0 Å². The molecule has 0 fully saturated rings. The first-order chi connectivity index (χ1) is 12.5. The molecule has 0 saturated heterocycles. The first-order valence-corrected chi connectivity index (χ1v) is 9.27. The van der Waals surface area contributed by atoms with Gasteiger partial charge in [-0.3, -0.25) is 9.89 Å². The van der Waals surface area contributed by atoms with Gasteiger partial charge in [0.1, 0.15) is 0 Å². The summed E-state index contributed by atoms with van der Waals surface area (Å²) in [4.78, 5) is 6.70. The summed E-state index contributed by atoms with van der Waals surface area (Å²) in [7, 11) is 3.98. The van der Waals surface area contributed by atoms with Gasteiger partial charge in [-0.25, -0.2) is 0 Å². The van der Waals surface area contributed by atoms with E-state index in [-0.39, 0.29) is 0 Å². The molecular weight excluding hydrogens is 320 g/mol. The van der Waals surface area contributed by atoms with Gasteiger partial charge in [-0.1, -0.05) is 48.5 Å². The zero-order valence-electron chi connectivity index (χ0n) is 16.7. The Morgan fingerprint density at radius 3 is 2.04 bits per heavy atom. The second-order valence-corrected chi connectivity index (χ2v) is 6.98. The van der Waals surface area contributed by atoms with Crippen molar-refractivity contribution in [3.8, 4) is 0 Å². The highest BCUT2D eigenvalue weighted by molar-refractivity contribution is 5.79. The molecule has 0 spiro atoms. The van der Waals surface area contributed by atoms with Crippen molar-refractivity contribution in [1.82, 2.24) is 15.5 Å². The number of aryl methyl sites for hydroxylation is 1. The Morgan fingerprint density at radius 2 is 1.46 bits per heavy atom. The molecule has 0 amide bonds. The van der Waals surface area contributed by atoms with E-state index in [1.54, 1.807) is 0 Å². The molecule has 0 atom stereocenters. The van der Waals surface area contributed by atoms with Gasteiger partial charge in [0.15, 0.2) is 5.96 Å².